The quantitative estimate of drug-likeness (QED) is 0.266. The molecular formula is C21H24FN11O2S. The Kier molecular flexibility index (Phi) is 5.34. The number of pyridine rings is 1. The van der Waals surface area contributed by atoms with Gasteiger partial charge in [0.2, 0.25) is 0 Å². The number of aromatic amines is 2. The van der Waals surface area contributed by atoms with E-state index in [1.807, 2.05) is 10.3 Å². The molecule has 6 heterocycles. The second-order valence-corrected chi connectivity index (χ2v) is 9.10. The average molecular weight is 514 g/mol. The van der Waals surface area contributed by atoms with Gasteiger partial charge in [-0.25, -0.2) is 19.4 Å². The number of nitrogens with zero attached hydrogens (tertiary/aromatic N) is 8. The van der Waals surface area contributed by atoms with Crippen LogP contribution in [0.3, 0.4) is 0 Å². The van der Waals surface area contributed by atoms with Crippen molar-refractivity contribution < 1.29 is 16.8 Å². The van der Waals surface area contributed by atoms with Crippen LogP contribution in [0.15, 0.2) is 36.4 Å². The summed E-state index contributed by atoms with van der Waals surface area (Å²) in [6.45, 7) is 1.53. The molecular weight excluding hydrogens is 489 g/mol. The molecule has 13 nitrogen and oxygen atoms in total. The first-order valence-corrected chi connectivity index (χ1v) is 11.9. The minimum atomic E-state index is -0.780. The number of ketones is 1. The maximum absolute atomic E-state index is 14.8. The van der Waals surface area contributed by atoms with Crippen molar-refractivity contribution in [1.29, 1.82) is 0 Å². The highest BCUT2D eigenvalue weighted by molar-refractivity contribution is 7.13. The van der Waals surface area contributed by atoms with E-state index in [-0.39, 0.29) is 13.8 Å². The third-order valence-electron chi connectivity index (χ3n) is 6.05. The number of amides is 1. The van der Waals surface area contributed by atoms with Gasteiger partial charge in [0.1, 0.15) is 5.01 Å². The van der Waals surface area contributed by atoms with E-state index in [9.17, 15) is 14.0 Å². The number of H-pyrrole nitrogens is 2. The summed E-state index contributed by atoms with van der Waals surface area (Å²) < 4.78 is 14.8. The molecule has 2 aliphatic heterocycles. The van der Waals surface area contributed by atoms with Gasteiger partial charge in [0.25, 0.3) is 11.7 Å². The fourth-order valence-electron chi connectivity index (χ4n) is 4.29. The van der Waals surface area contributed by atoms with Crippen LogP contribution in [0.2, 0.25) is 0 Å². The lowest BCUT2D eigenvalue weighted by Gasteiger charge is -2.34. The second kappa shape index (κ2) is 8.69. The van der Waals surface area contributed by atoms with E-state index in [0.29, 0.717) is 49.0 Å². The number of Topliss-reactive ketones (excluding diaryl/α,β-unsaturated/α-hetero) is 1. The third kappa shape index (κ3) is 3.64. The standard InChI is InChI=1S/C21H20FN11O2S.2H2/c1-30-3-8-33(29-30)18-15-14(13(22)11-25-18)12(10-24-15)17(34)21(35)32-6-4-31(5-7-32)19-16(26-28-27-19)20-23-2-9-36-20;;/h2-3,8-11,24,29H,4-7H2,1H3,(H,26,27,28);2*1H. The summed E-state index contributed by atoms with van der Waals surface area (Å²) in [5.74, 6) is -1.13. The summed E-state index contributed by atoms with van der Waals surface area (Å²) >= 11 is 1.46. The molecule has 0 radical (unpaired) electrons. The predicted octanol–water partition coefficient (Wildman–Crippen LogP) is 1.61. The number of thiazole rings is 1. The summed E-state index contributed by atoms with van der Waals surface area (Å²) in [7, 11) is 1.79. The highest BCUT2D eigenvalue weighted by Gasteiger charge is 2.32. The molecule has 3 N–H and O–H groups in total. The molecule has 2 aliphatic rings. The first-order valence-electron chi connectivity index (χ1n) is 11.0. The fraction of sp³-hybridized carbons (Fsp3) is 0.238. The summed E-state index contributed by atoms with van der Waals surface area (Å²) in [6, 6.07) is 0. The molecule has 4 aromatic rings. The molecule has 0 saturated carbocycles. The number of hydrogen-bond donors (Lipinski definition) is 3. The van der Waals surface area contributed by atoms with Crippen molar-refractivity contribution in [3.8, 4) is 10.7 Å². The van der Waals surface area contributed by atoms with Gasteiger partial charge in [-0.15, -0.1) is 22.0 Å². The van der Waals surface area contributed by atoms with E-state index in [1.165, 1.54) is 22.4 Å². The molecule has 15 heteroatoms. The van der Waals surface area contributed by atoms with Gasteiger partial charge in [-0.3, -0.25) is 14.6 Å². The second-order valence-electron chi connectivity index (χ2n) is 8.20. The van der Waals surface area contributed by atoms with E-state index in [4.69, 9.17) is 0 Å². The van der Waals surface area contributed by atoms with Gasteiger partial charge in [0.05, 0.1) is 22.7 Å². The first-order chi connectivity index (χ1) is 17.5. The Morgan fingerprint density at radius 3 is 2.67 bits per heavy atom. The number of aromatic nitrogens is 6. The number of fused-ring (bicyclic) bond motifs is 1. The normalized spacial score (nSPS) is 15.9. The SMILES string of the molecule is CN1C=CN(c2ncc(F)c3c(C(=O)C(=O)N4CCN(c5n[nH]nc5-c5nccs5)CC4)c[nH]c23)N1.[HH].[HH]. The van der Waals surface area contributed by atoms with Gasteiger partial charge in [0.15, 0.2) is 23.1 Å². The maximum Gasteiger partial charge on any atom is 0.295 e. The van der Waals surface area contributed by atoms with E-state index in [2.05, 4.69) is 35.9 Å². The number of piperazine rings is 1. The number of carbonyl (C=O) groups is 2. The highest BCUT2D eigenvalue weighted by atomic mass is 32.1. The van der Waals surface area contributed by atoms with E-state index in [1.54, 1.807) is 35.7 Å². The zero-order valence-corrected chi connectivity index (χ0v) is 19.8. The average Bonchev–Trinajstić information content (AvgIpc) is 3.70. The number of anilines is 2. The molecule has 0 aromatic carbocycles. The molecule has 36 heavy (non-hydrogen) atoms. The molecule has 0 bridgehead atoms. The highest BCUT2D eigenvalue weighted by Crippen LogP contribution is 2.31. The smallest absolute Gasteiger partial charge is 0.295 e. The lowest BCUT2D eigenvalue weighted by Crippen LogP contribution is -2.50. The van der Waals surface area contributed by atoms with Crippen LogP contribution >= 0.6 is 11.3 Å². The molecule has 0 atom stereocenters. The Morgan fingerprint density at radius 1 is 1.11 bits per heavy atom. The van der Waals surface area contributed by atoms with Crippen molar-refractivity contribution in [2.45, 2.75) is 0 Å². The summed E-state index contributed by atoms with van der Waals surface area (Å²) in [5.41, 5.74) is 3.92. The topological polar surface area (TPSA) is 142 Å². The molecule has 0 spiro atoms. The monoisotopic (exact) mass is 513 g/mol. The Morgan fingerprint density at radius 2 is 1.94 bits per heavy atom. The van der Waals surface area contributed by atoms with Crippen molar-refractivity contribution in [2.24, 2.45) is 0 Å². The van der Waals surface area contributed by atoms with Crippen molar-refractivity contribution in [2.75, 3.05) is 43.1 Å². The number of carbonyl (C=O) groups excluding carboxylic acids is 2. The van der Waals surface area contributed by atoms with Gasteiger partial charge in [0, 0.05) is 66.3 Å². The van der Waals surface area contributed by atoms with Crippen molar-refractivity contribution in [3.05, 3.63) is 47.8 Å². The van der Waals surface area contributed by atoms with E-state index in [0.717, 1.165) is 11.2 Å². The van der Waals surface area contributed by atoms with Crippen LogP contribution in [0.25, 0.3) is 21.6 Å². The molecule has 4 aromatic heterocycles. The molecule has 188 valence electrons. The minimum absolute atomic E-state index is 0. The van der Waals surface area contributed by atoms with Gasteiger partial charge in [-0.05, 0) is 0 Å². The zero-order valence-electron chi connectivity index (χ0n) is 19.0. The number of nitrogens with one attached hydrogen (secondary N) is 3. The van der Waals surface area contributed by atoms with Crippen LogP contribution in [0, 0.1) is 5.82 Å². The van der Waals surface area contributed by atoms with E-state index < -0.39 is 17.5 Å². The van der Waals surface area contributed by atoms with Crippen LogP contribution in [-0.4, -0.2) is 85.2 Å². The maximum atomic E-state index is 14.8. The molecule has 6 rings (SSSR count). The van der Waals surface area contributed by atoms with Crippen molar-refractivity contribution in [3.63, 3.8) is 0 Å². The van der Waals surface area contributed by atoms with Crippen LogP contribution in [0.5, 0.6) is 0 Å². The molecule has 0 unspecified atom stereocenters. The molecule has 1 saturated heterocycles. The van der Waals surface area contributed by atoms with Crippen LogP contribution in [0.1, 0.15) is 13.2 Å². The Hall–Kier alpha value is -4.37. The summed E-state index contributed by atoms with van der Waals surface area (Å²) in [5, 5.41) is 17.0. The van der Waals surface area contributed by atoms with Crippen LogP contribution < -0.4 is 15.4 Å². The Balaban J connectivity index is 0.00000168. The van der Waals surface area contributed by atoms with Gasteiger partial charge < -0.3 is 14.8 Å². The van der Waals surface area contributed by atoms with Gasteiger partial charge in [-0.2, -0.15) is 10.3 Å². The lowest BCUT2D eigenvalue weighted by atomic mass is 10.1. The number of rotatable bonds is 5. The summed E-state index contributed by atoms with van der Waals surface area (Å²) in [4.78, 5) is 41.1. The molecule has 1 fully saturated rings. The van der Waals surface area contributed by atoms with Gasteiger partial charge >= 0.3 is 0 Å². The predicted molar refractivity (Wildman–Crippen MR) is 133 cm³/mol. The minimum Gasteiger partial charge on any atom is -0.357 e. The molecule has 1 amide bonds. The Bertz CT molecular complexity index is 1480. The summed E-state index contributed by atoms with van der Waals surface area (Å²) in [6.07, 6.45) is 7.56. The number of hydrogen-bond acceptors (Lipinski definition) is 11. The van der Waals surface area contributed by atoms with Crippen molar-refractivity contribution >= 4 is 45.6 Å². The first kappa shape index (κ1) is 22.1. The molecule has 0 aliphatic carbocycles. The largest absolute Gasteiger partial charge is 0.357 e. The number of hydrazine groups is 2. The van der Waals surface area contributed by atoms with E-state index >= 15 is 0 Å². The van der Waals surface area contributed by atoms with Crippen LogP contribution in [0.4, 0.5) is 16.0 Å². The van der Waals surface area contributed by atoms with Crippen LogP contribution in [-0.2, 0) is 4.79 Å². The number of halogens is 1. The lowest BCUT2D eigenvalue weighted by molar-refractivity contribution is -0.126. The fourth-order valence-corrected chi connectivity index (χ4v) is 4.91. The van der Waals surface area contributed by atoms with Gasteiger partial charge in [-0.1, -0.05) is 0 Å². The van der Waals surface area contributed by atoms with Crippen molar-refractivity contribution in [1.82, 2.24) is 45.8 Å². The third-order valence-corrected chi connectivity index (χ3v) is 6.83. The zero-order chi connectivity index (χ0) is 24.8. The Labute approximate surface area is 210 Å².